The highest BCUT2D eigenvalue weighted by molar-refractivity contribution is 5.68. The molecule has 0 spiro atoms. The second kappa shape index (κ2) is 10.1. The van der Waals surface area contributed by atoms with Crippen LogP contribution in [0.5, 0.6) is 0 Å². The summed E-state index contributed by atoms with van der Waals surface area (Å²) in [7, 11) is 0. The maximum atomic E-state index is 12.1. The molecule has 9 nitrogen and oxygen atoms in total. The van der Waals surface area contributed by atoms with Crippen LogP contribution in [0.15, 0.2) is 30.3 Å². The number of likely N-dealkylation sites (tertiary alicyclic amines) is 1. The molecule has 2 heterocycles. The summed E-state index contributed by atoms with van der Waals surface area (Å²) in [5.41, 5.74) is 0.436. The number of hydrogen-bond donors (Lipinski definition) is 2. The average Bonchev–Trinajstić information content (AvgIpc) is 2.63. The van der Waals surface area contributed by atoms with Crippen molar-refractivity contribution in [1.29, 1.82) is 0 Å². The van der Waals surface area contributed by atoms with Crippen molar-refractivity contribution in [2.45, 2.75) is 51.4 Å². The zero-order valence-electron chi connectivity index (χ0n) is 17.8. The van der Waals surface area contributed by atoms with Gasteiger partial charge in [0.1, 0.15) is 24.5 Å². The minimum absolute atomic E-state index is 0.0435. The molecule has 2 N–H and O–H groups in total. The lowest BCUT2D eigenvalue weighted by Gasteiger charge is -2.44. The summed E-state index contributed by atoms with van der Waals surface area (Å²) in [6.45, 7) is 8.13. The summed E-state index contributed by atoms with van der Waals surface area (Å²) in [6, 6.07) is 9.58. The van der Waals surface area contributed by atoms with Crippen molar-refractivity contribution in [2.24, 2.45) is 0 Å². The third-order valence-corrected chi connectivity index (χ3v) is 4.61. The fraction of sp³-hybridized carbons (Fsp3) is 0.619. The van der Waals surface area contributed by atoms with Gasteiger partial charge in [-0.25, -0.2) is 9.59 Å². The monoisotopic (exact) mass is 421 g/mol. The molecular formula is C21H31N3O6. The number of nitrogens with one attached hydrogen (secondary N) is 2. The van der Waals surface area contributed by atoms with Gasteiger partial charge in [0.2, 0.25) is 0 Å². The summed E-state index contributed by atoms with van der Waals surface area (Å²) in [5.74, 6) is 0. The van der Waals surface area contributed by atoms with Gasteiger partial charge < -0.3 is 29.2 Å². The Balaban J connectivity index is 1.24. The number of ether oxygens (including phenoxy) is 4. The van der Waals surface area contributed by atoms with E-state index in [9.17, 15) is 9.59 Å². The Morgan fingerprint density at radius 2 is 1.93 bits per heavy atom. The van der Waals surface area contributed by atoms with Gasteiger partial charge in [0.05, 0.1) is 25.8 Å². The van der Waals surface area contributed by atoms with Gasteiger partial charge in [-0.15, -0.1) is 0 Å². The van der Waals surface area contributed by atoms with Gasteiger partial charge in [-0.3, -0.25) is 5.32 Å². The van der Waals surface area contributed by atoms with Crippen LogP contribution in [-0.2, 0) is 25.6 Å². The van der Waals surface area contributed by atoms with Gasteiger partial charge in [-0.05, 0) is 26.3 Å². The highest BCUT2D eigenvalue weighted by atomic mass is 16.6. The number of carbonyl (C=O) groups is 2. The molecule has 2 fully saturated rings. The largest absolute Gasteiger partial charge is 0.445 e. The highest BCUT2D eigenvalue weighted by Crippen LogP contribution is 2.19. The van der Waals surface area contributed by atoms with E-state index in [4.69, 9.17) is 18.9 Å². The molecule has 2 atom stereocenters. The van der Waals surface area contributed by atoms with E-state index < -0.39 is 11.7 Å². The lowest BCUT2D eigenvalue weighted by molar-refractivity contribution is -0.181. The van der Waals surface area contributed by atoms with Crippen LogP contribution in [0.4, 0.5) is 9.59 Å². The van der Waals surface area contributed by atoms with Gasteiger partial charge in [0, 0.05) is 13.1 Å². The first-order chi connectivity index (χ1) is 14.3. The maximum absolute atomic E-state index is 12.1. The number of benzene rings is 1. The SMILES string of the molecule is CC(C)(C)OC(=O)NCCOC1CNC1OC1CN(C(=O)OCc2ccccc2)C1. The van der Waals surface area contributed by atoms with E-state index in [-0.39, 0.29) is 31.1 Å². The number of amides is 2. The van der Waals surface area contributed by atoms with Gasteiger partial charge in [0.15, 0.2) is 0 Å². The third-order valence-electron chi connectivity index (χ3n) is 4.61. The molecule has 1 aromatic carbocycles. The Hall–Kier alpha value is -2.36. The summed E-state index contributed by atoms with van der Waals surface area (Å²) < 4.78 is 22.1. The Kier molecular flexibility index (Phi) is 7.52. The second-order valence-corrected chi connectivity index (χ2v) is 8.37. The highest BCUT2D eigenvalue weighted by Gasteiger charge is 2.39. The minimum Gasteiger partial charge on any atom is -0.445 e. The molecule has 9 heteroatoms. The Bertz CT molecular complexity index is 702. The fourth-order valence-corrected chi connectivity index (χ4v) is 2.96. The fourth-order valence-electron chi connectivity index (χ4n) is 2.96. The average molecular weight is 421 g/mol. The summed E-state index contributed by atoms with van der Waals surface area (Å²) >= 11 is 0. The van der Waals surface area contributed by atoms with Crippen LogP contribution < -0.4 is 10.6 Å². The predicted octanol–water partition coefficient (Wildman–Crippen LogP) is 1.86. The smallest absolute Gasteiger partial charge is 0.410 e. The van der Waals surface area contributed by atoms with Gasteiger partial charge in [-0.2, -0.15) is 0 Å². The molecule has 30 heavy (non-hydrogen) atoms. The van der Waals surface area contributed by atoms with E-state index in [2.05, 4.69) is 10.6 Å². The first kappa shape index (κ1) is 22.3. The molecule has 3 rings (SSSR count). The number of carbonyl (C=O) groups excluding carboxylic acids is 2. The van der Waals surface area contributed by atoms with Crippen molar-refractivity contribution >= 4 is 12.2 Å². The normalized spacial score (nSPS) is 21.4. The summed E-state index contributed by atoms with van der Waals surface area (Å²) in [5, 5.41) is 5.83. The van der Waals surface area contributed by atoms with Crippen LogP contribution >= 0.6 is 0 Å². The first-order valence-corrected chi connectivity index (χ1v) is 10.2. The lowest BCUT2D eigenvalue weighted by atomic mass is 10.1. The molecule has 2 aliphatic heterocycles. The van der Waals surface area contributed by atoms with Crippen molar-refractivity contribution in [2.75, 3.05) is 32.8 Å². The van der Waals surface area contributed by atoms with E-state index in [0.717, 1.165) is 5.56 Å². The molecular weight excluding hydrogens is 390 g/mol. The van der Waals surface area contributed by atoms with Crippen LogP contribution in [0, 0.1) is 0 Å². The van der Waals surface area contributed by atoms with Crippen molar-refractivity contribution in [3.63, 3.8) is 0 Å². The minimum atomic E-state index is -0.521. The molecule has 0 aromatic heterocycles. The van der Waals surface area contributed by atoms with Gasteiger partial charge >= 0.3 is 12.2 Å². The summed E-state index contributed by atoms with van der Waals surface area (Å²) in [6.07, 6.45) is -1.12. The Morgan fingerprint density at radius 3 is 2.57 bits per heavy atom. The van der Waals surface area contributed by atoms with Crippen molar-refractivity contribution in [3.05, 3.63) is 35.9 Å². The third kappa shape index (κ3) is 6.86. The first-order valence-electron chi connectivity index (χ1n) is 10.2. The molecule has 0 radical (unpaired) electrons. The molecule has 1 aromatic rings. The van der Waals surface area contributed by atoms with E-state index in [0.29, 0.717) is 32.8 Å². The second-order valence-electron chi connectivity index (χ2n) is 8.37. The van der Waals surface area contributed by atoms with Crippen molar-refractivity contribution in [3.8, 4) is 0 Å². The molecule has 2 saturated heterocycles. The number of nitrogens with zero attached hydrogens (tertiary/aromatic N) is 1. The number of hydrogen-bond acceptors (Lipinski definition) is 7. The predicted molar refractivity (Wildman–Crippen MR) is 109 cm³/mol. The van der Waals surface area contributed by atoms with Gasteiger partial charge in [-0.1, -0.05) is 30.3 Å². The van der Waals surface area contributed by atoms with Crippen molar-refractivity contribution in [1.82, 2.24) is 15.5 Å². The Labute approximate surface area is 177 Å². The maximum Gasteiger partial charge on any atom is 0.410 e. The lowest BCUT2D eigenvalue weighted by Crippen LogP contribution is -2.65. The molecule has 2 aliphatic rings. The Morgan fingerprint density at radius 1 is 1.20 bits per heavy atom. The topological polar surface area (TPSA) is 98.4 Å². The van der Waals surface area contributed by atoms with Crippen LogP contribution in [0.2, 0.25) is 0 Å². The summed E-state index contributed by atoms with van der Waals surface area (Å²) in [4.78, 5) is 25.3. The quantitative estimate of drug-likeness (QED) is 0.618. The molecule has 0 saturated carbocycles. The van der Waals surface area contributed by atoms with Crippen LogP contribution in [0.25, 0.3) is 0 Å². The van der Waals surface area contributed by atoms with Gasteiger partial charge in [0.25, 0.3) is 0 Å². The van der Waals surface area contributed by atoms with Crippen molar-refractivity contribution < 1.29 is 28.5 Å². The number of rotatable bonds is 8. The zero-order chi connectivity index (χ0) is 21.6. The van der Waals surface area contributed by atoms with E-state index >= 15 is 0 Å². The van der Waals surface area contributed by atoms with E-state index in [1.165, 1.54) is 0 Å². The van der Waals surface area contributed by atoms with E-state index in [1.807, 2.05) is 51.1 Å². The standard InChI is InChI=1S/C21H31N3O6/c1-21(2,3)30-19(25)22-9-10-27-17-11-23-18(17)29-16-12-24(13-16)20(26)28-14-15-7-5-4-6-8-15/h4-8,16-18,23H,9-14H2,1-3H3,(H,22,25). The van der Waals surface area contributed by atoms with Crippen LogP contribution in [0.3, 0.4) is 0 Å². The molecule has 0 bridgehead atoms. The molecule has 166 valence electrons. The molecule has 2 amide bonds. The zero-order valence-corrected chi connectivity index (χ0v) is 17.8. The molecule has 2 unspecified atom stereocenters. The molecule has 0 aliphatic carbocycles. The van der Waals surface area contributed by atoms with E-state index in [1.54, 1.807) is 4.90 Å². The van der Waals surface area contributed by atoms with Crippen LogP contribution in [0.1, 0.15) is 26.3 Å². The number of alkyl carbamates (subject to hydrolysis) is 1. The van der Waals surface area contributed by atoms with Crippen LogP contribution in [-0.4, -0.2) is 73.9 Å².